The molecule has 0 unspecified atom stereocenters. The summed E-state index contributed by atoms with van der Waals surface area (Å²) in [5, 5.41) is 0. The summed E-state index contributed by atoms with van der Waals surface area (Å²) in [5.74, 6) is 0. The number of rotatable bonds is 5. The van der Waals surface area contributed by atoms with Gasteiger partial charge in [-0.1, -0.05) is 26.0 Å². The van der Waals surface area contributed by atoms with Crippen molar-refractivity contribution in [1.82, 2.24) is 0 Å². The Kier molecular flexibility index (Phi) is 6.35. The van der Waals surface area contributed by atoms with Gasteiger partial charge in [0.2, 0.25) is 0 Å². The van der Waals surface area contributed by atoms with Crippen LogP contribution in [0.3, 0.4) is 0 Å². The van der Waals surface area contributed by atoms with Crippen molar-refractivity contribution < 1.29 is 0 Å². The molecule has 0 aliphatic carbocycles. The summed E-state index contributed by atoms with van der Waals surface area (Å²) < 4.78 is 0. The number of allylic oxidation sites excluding steroid dienone is 3. The first kappa shape index (κ1) is 11.2. The first-order chi connectivity index (χ1) is 5.70. The minimum atomic E-state index is 0.993. The van der Waals surface area contributed by atoms with E-state index in [-0.39, 0.29) is 0 Å². The lowest BCUT2D eigenvalue weighted by molar-refractivity contribution is 0.784. The van der Waals surface area contributed by atoms with Gasteiger partial charge in [0.15, 0.2) is 0 Å². The molecule has 0 spiro atoms. The Hall–Kier alpha value is -0.850. The molecule has 0 rings (SSSR count). The second kappa shape index (κ2) is 6.84. The van der Waals surface area contributed by atoms with Crippen LogP contribution in [0.2, 0.25) is 0 Å². The van der Waals surface area contributed by atoms with E-state index in [2.05, 4.69) is 18.5 Å². The van der Waals surface area contributed by atoms with Gasteiger partial charge in [-0.25, -0.2) is 0 Å². The van der Waals surface area contributed by atoms with Crippen molar-refractivity contribution in [2.24, 2.45) is 4.99 Å². The smallest absolute Gasteiger partial charge is 0.0372 e. The van der Waals surface area contributed by atoms with Crippen LogP contribution in [0.4, 0.5) is 0 Å². The molecule has 0 bridgehead atoms. The highest BCUT2D eigenvalue weighted by molar-refractivity contribution is 5.93. The van der Waals surface area contributed by atoms with Crippen molar-refractivity contribution in [2.45, 2.75) is 40.0 Å². The molecule has 0 N–H and O–H groups in total. The van der Waals surface area contributed by atoms with Crippen molar-refractivity contribution in [3.63, 3.8) is 0 Å². The van der Waals surface area contributed by atoms with E-state index in [1.54, 1.807) is 0 Å². The van der Waals surface area contributed by atoms with E-state index in [0.29, 0.717) is 0 Å². The molecule has 0 atom stereocenters. The quantitative estimate of drug-likeness (QED) is 0.550. The monoisotopic (exact) mass is 165 g/mol. The van der Waals surface area contributed by atoms with E-state index >= 15 is 0 Å². The van der Waals surface area contributed by atoms with Gasteiger partial charge in [-0.2, -0.15) is 0 Å². The van der Waals surface area contributed by atoms with Gasteiger partial charge in [0, 0.05) is 11.4 Å². The molecule has 0 aromatic carbocycles. The van der Waals surface area contributed by atoms with Crippen LogP contribution < -0.4 is 0 Å². The van der Waals surface area contributed by atoms with E-state index in [1.165, 1.54) is 12.8 Å². The molecule has 0 saturated carbocycles. The molecule has 68 valence electrons. The standard InChI is InChI=1S/C11H19N/c1-5-7-9-11(4)12-10(3)8-6-2/h6,8H,4-5,7,9H2,1-3H3/b8-6-,12-10?. The van der Waals surface area contributed by atoms with Crippen LogP contribution >= 0.6 is 0 Å². The molecule has 0 aromatic rings. The van der Waals surface area contributed by atoms with Crippen molar-refractivity contribution in [1.29, 1.82) is 0 Å². The van der Waals surface area contributed by atoms with Crippen LogP contribution in [-0.4, -0.2) is 5.71 Å². The second-order valence-electron chi connectivity index (χ2n) is 2.92. The molecule has 0 saturated heterocycles. The third-order valence-corrected chi connectivity index (χ3v) is 1.56. The largest absolute Gasteiger partial charge is 0.259 e. The maximum absolute atomic E-state index is 4.34. The maximum Gasteiger partial charge on any atom is 0.0372 e. The van der Waals surface area contributed by atoms with Crippen molar-refractivity contribution >= 4 is 5.71 Å². The predicted molar refractivity (Wildman–Crippen MR) is 56.6 cm³/mol. The van der Waals surface area contributed by atoms with Crippen molar-refractivity contribution in [3.05, 3.63) is 24.4 Å². The van der Waals surface area contributed by atoms with Gasteiger partial charge in [0.1, 0.15) is 0 Å². The normalized spacial score (nSPS) is 12.4. The van der Waals surface area contributed by atoms with Gasteiger partial charge < -0.3 is 0 Å². The maximum atomic E-state index is 4.34. The molecule has 0 fully saturated rings. The summed E-state index contributed by atoms with van der Waals surface area (Å²) in [6.07, 6.45) is 7.40. The summed E-state index contributed by atoms with van der Waals surface area (Å²) in [4.78, 5) is 4.34. The highest BCUT2D eigenvalue weighted by Gasteiger charge is 1.90. The topological polar surface area (TPSA) is 12.4 Å². The summed E-state index contributed by atoms with van der Waals surface area (Å²) in [6, 6.07) is 0. The Morgan fingerprint density at radius 3 is 2.67 bits per heavy atom. The van der Waals surface area contributed by atoms with Gasteiger partial charge >= 0.3 is 0 Å². The van der Waals surface area contributed by atoms with Gasteiger partial charge in [-0.15, -0.1) is 0 Å². The Morgan fingerprint density at radius 1 is 1.50 bits per heavy atom. The molecule has 0 aliphatic heterocycles. The predicted octanol–water partition coefficient (Wildman–Crippen LogP) is 3.73. The molecule has 1 nitrogen and oxygen atoms in total. The molecule has 12 heavy (non-hydrogen) atoms. The molecule has 0 aliphatic rings. The van der Waals surface area contributed by atoms with Crippen LogP contribution in [0.5, 0.6) is 0 Å². The molecule has 1 heteroatoms. The lowest BCUT2D eigenvalue weighted by atomic mass is 10.2. The lowest BCUT2D eigenvalue weighted by Gasteiger charge is -1.98. The fourth-order valence-corrected chi connectivity index (χ4v) is 0.965. The zero-order valence-corrected chi connectivity index (χ0v) is 8.43. The average molecular weight is 165 g/mol. The second-order valence-corrected chi connectivity index (χ2v) is 2.92. The average Bonchev–Trinajstić information content (AvgIpc) is 2.01. The third kappa shape index (κ3) is 5.90. The molecular formula is C11H19N. The van der Waals surface area contributed by atoms with E-state index in [0.717, 1.165) is 17.8 Å². The highest BCUT2D eigenvalue weighted by atomic mass is 14.7. The number of hydrogen-bond acceptors (Lipinski definition) is 1. The fraction of sp³-hybridized carbons (Fsp3) is 0.545. The summed E-state index contributed by atoms with van der Waals surface area (Å²) in [7, 11) is 0. The van der Waals surface area contributed by atoms with Crippen LogP contribution in [0.15, 0.2) is 29.4 Å². The number of hydrogen-bond donors (Lipinski definition) is 0. The van der Waals surface area contributed by atoms with E-state index < -0.39 is 0 Å². The SMILES string of the molecule is C=C(CCCC)N=C(C)/C=C\C. The Balaban J connectivity index is 3.88. The van der Waals surface area contributed by atoms with Crippen molar-refractivity contribution in [3.8, 4) is 0 Å². The summed E-state index contributed by atoms with van der Waals surface area (Å²) >= 11 is 0. The number of aliphatic imine (C=N–C) groups is 1. The van der Waals surface area contributed by atoms with Crippen LogP contribution in [-0.2, 0) is 0 Å². The molecule has 0 radical (unpaired) electrons. The zero-order valence-electron chi connectivity index (χ0n) is 8.43. The van der Waals surface area contributed by atoms with Crippen LogP contribution in [0.1, 0.15) is 40.0 Å². The number of nitrogens with zero attached hydrogens (tertiary/aromatic N) is 1. The number of unbranched alkanes of at least 4 members (excludes halogenated alkanes) is 1. The van der Waals surface area contributed by atoms with Gasteiger partial charge in [-0.05, 0) is 32.8 Å². The van der Waals surface area contributed by atoms with E-state index in [9.17, 15) is 0 Å². The van der Waals surface area contributed by atoms with Gasteiger partial charge in [0.25, 0.3) is 0 Å². The summed E-state index contributed by atoms with van der Waals surface area (Å²) in [6.45, 7) is 10.1. The van der Waals surface area contributed by atoms with E-state index in [1.807, 2.05) is 26.0 Å². The Labute approximate surface area is 75.9 Å². The van der Waals surface area contributed by atoms with Gasteiger partial charge in [-0.3, -0.25) is 4.99 Å². The zero-order chi connectivity index (χ0) is 9.40. The Morgan fingerprint density at radius 2 is 2.17 bits per heavy atom. The summed E-state index contributed by atoms with van der Waals surface area (Å²) in [5.41, 5.74) is 2.03. The van der Waals surface area contributed by atoms with Crippen molar-refractivity contribution in [2.75, 3.05) is 0 Å². The first-order valence-corrected chi connectivity index (χ1v) is 4.56. The third-order valence-electron chi connectivity index (χ3n) is 1.56. The van der Waals surface area contributed by atoms with E-state index in [4.69, 9.17) is 0 Å². The van der Waals surface area contributed by atoms with Crippen LogP contribution in [0.25, 0.3) is 0 Å². The minimum Gasteiger partial charge on any atom is -0.259 e. The fourth-order valence-electron chi connectivity index (χ4n) is 0.965. The molecular weight excluding hydrogens is 146 g/mol. The molecule has 0 heterocycles. The highest BCUT2D eigenvalue weighted by Crippen LogP contribution is 2.06. The molecule has 0 amide bonds. The lowest BCUT2D eigenvalue weighted by Crippen LogP contribution is -1.86. The molecule has 0 aromatic heterocycles. The van der Waals surface area contributed by atoms with Crippen LogP contribution in [0, 0.1) is 0 Å². The van der Waals surface area contributed by atoms with Gasteiger partial charge in [0.05, 0.1) is 0 Å². The minimum absolute atomic E-state index is 0.993. The first-order valence-electron chi connectivity index (χ1n) is 4.56. The Bertz CT molecular complexity index is 187.